The van der Waals surface area contributed by atoms with E-state index in [1.54, 1.807) is 0 Å². The van der Waals surface area contributed by atoms with Crippen LogP contribution in [0.4, 0.5) is 0 Å². The fraction of sp³-hybridized carbons (Fsp3) is 0.870. The first-order valence-electron chi connectivity index (χ1n) is 26.3. The molecule has 0 aliphatic heterocycles. The Morgan fingerprint density at radius 3 is 0.833 bits per heavy atom. The highest BCUT2D eigenvalue weighted by Gasteiger charge is 2.19. The van der Waals surface area contributed by atoms with E-state index >= 15 is 0 Å². The first-order valence-corrected chi connectivity index (χ1v) is 26.3. The fourth-order valence-electron chi connectivity index (χ4n) is 7.67. The van der Waals surface area contributed by atoms with E-state index in [0.717, 1.165) is 64.2 Å². The van der Waals surface area contributed by atoms with E-state index in [1.807, 2.05) is 0 Å². The monoisotopic (exact) mass is 845 g/mol. The van der Waals surface area contributed by atoms with Crippen molar-refractivity contribution in [2.45, 2.75) is 290 Å². The van der Waals surface area contributed by atoms with Crippen LogP contribution in [0.5, 0.6) is 0 Å². The van der Waals surface area contributed by atoms with Crippen LogP contribution >= 0.6 is 0 Å². The van der Waals surface area contributed by atoms with E-state index in [2.05, 4.69) is 45.1 Å². The minimum atomic E-state index is -0.772. The Bertz CT molecular complexity index is 973. The Kier molecular flexibility index (Phi) is 47.8. The van der Waals surface area contributed by atoms with Crippen LogP contribution < -0.4 is 0 Å². The van der Waals surface area contributed by atoms with E-state index in [-0.39, 0.29) is 31.1 Å². The summed E-state index contributed by atoms with van der Waals surface area (Å²) in [6.45, 7) is 6.63. The van der Waals surface area contributed by atoms with Gasteiger partial charge in [-0.2, -0.15) is 0 Å². The summed E-state index contributed by atoms with van der Waals surface area (Å²) in [6.07, 6.45) is 55.9. The maximum absolute atomic E-state index is 12.8. The van der Waals surface area contributed by atoms with Crippen molar-refractivity contribution in [3.8, 4) is 0 Å². The van der Waals surface area contributed by atoms with Gasteiger partial charge in [0.1, 0.15) is 13.2 Å². The van der Waals surface area contributed by atoms with E-state index in [9.17, 15) is 14.4 Å². The Balaban J connectivity index is 4.33. The molecule has 0 aromatic rings. The van der Waals surface area contributed by atoms with Gasteiger partial charge in [0.25, 0.3) is 0 Å². The zero-order valence-electron chi connectivity index (χ0n) is 40.2. The van der Waals surface area contributed by atoms with E-state index in [4.69, 9.17) is 14.2 Å². The average Bonchev–Trinajstić information content (AvgIpc) is 3.24. The molecule has 0 heterocycles. The minimum Gasteiger partial charge on any atom is -0.462 e. The van der Waals surface area contributed by atoms with Gasteiger partial charge in [0.05, 0.1) is 0 Å². The number of ether oxygens (including phenoxy) is 3. The number of rotatable bonds is 48. The van der Waals surface area contributed by atoms with Crippen molar-refractivity contribution in [1.29, 1.82) is 0 Å². The van der Waals surface area contributed by atoms with Gasteiger partial charge in [-0.05, 0) is 70.6 Å². The maximum Gasteiger partial charge on any atom is 0.306 e. The molecule has 0 aromatic heterocycles. The summed E-state index contributed by atoms with van der Waals surface area (Å²) in [5.41, 5.74) is 0. The smallest absolute Gasteiger partial charge is 0.306 e. The normalized spacial score (nSPS) is 12.1. The third-order valence-corrected chi connectivity index (χ3v) is 11.7. The number of allylic oxidation sites excluding steroid dienone is 4. The SMILES string of the molecule is CCCCCCC/C=C\CCCCCCCC(=O)O[C@@H](COC(=O)CCCCCCCCC/C=C\CCCCCCCC)COC(=O)CCCCCCCCCCCCC. The summed E-state index contributed by atoms with van der Waals surface area (Å²) in [4.78, 5) is 37.9. The Morgan fingerprint density at radius 1 is 0.317 bits per heavy atom. The van der Waals surface area contributed by atoms with Crippen molar-refractivity contribution >= 4 is 17.9 Å². The van der Waals surface area contributed by atoms with Crippen LogP contribution in [-0.4, -0.2) is 37.2 Å². The molecule has 0 saturated carbocycles. The summed E-state index contributed by atoms with van der Waals surface area (Å²) < 4.78 is 16.8. The van der Waals surface area contributed by atoms with Crippen molar-refractivity contribution in [2.75, 3.05) is 13.2 Å². The summed E-state index contributed by atoms with van der Waals surface area (Å²) in [6, 6.07) is 0. The molecular formula is C54H100O6. The quantitative estimate of drug-likeness (QED) is 0.0263. The molecule has 0 fully saturated rings. The molecule has 0 unspecified atom stereocenters. The molecular weight excluding hydrogens is 745 g/mol. The number of carbonyl (C=O) groups is 3. The number of carbonyl (C=O) groups excluding carboxylic acids is 3. The number of unbranched alkanes of at least 4 members (excludes halogenated alkanes) is 33. The number of hydrogen-bond donors (Lipinski definition) is 0. The van der Waals surface area contributed by atoms with Crippen LogP contribution in [0.25, 0.3) is 0 Å². The zero-order valence-corrected chi connectivity index (χ0v) is 40.2. The first-order chi connectivity index (χ1) is 29.5. The standard InChI is InChI=1S/C54H100O6/c1-4-7-10-13-16-19-22-24-26-27-28-30-32-35-38-41-44-47-53(56)59-50-51(49-58-52(55)46-43-40-37-34-31-21-18-15-12-9-6-3)60-54(57)48-45-42-39-36-33-29-25-23-20-17-14-11-8-5-2/h23-26,51H,4-22,27-50H2,1-3H3/b25-23-,26-24-/t51-/m1/s1. The third-order valence-electron chi connectivity index (χ3n) is 11.7. The van der Waals surface area contributed by atoms with Crippen molar-refractivity contribution in [3.63, 3.8) is 0 Å². The number of esters is 3. The fourth-order valence-corrected chi connectivity index (χ4v) is 7.67. The molecule has 0 bridgehead atoms. The lowest BCUT2D eigenvalue weighted by Crippen LogP contribution is -2.30. The number of hydrogen-bond acceptors (Lipinski definition) is 6. The molecule has 0 amide bonds. The Hall–Kier alpha value is -2.11. The molecule has 0 saturated heterocycles. The molecule has 0 aliphatic carbocycles. The zero-order chi connectivity index (χ0) is 43.7. The van der Waals surface area contributed by atoms with Gasteiger partial charge in [0, 0.05) is 19.3 Å². The molecule has 0 spiro atoms. The van der Waals surface area contributed by atoms with Gasteiger partial charge >= 0.3 is 17.9 Å². The van der Waals surface area contributed by atoms with Crippen molar-refractivity contribution in [1.82, 2.24) is 0 Å². The lowest BCUT2D eigenvalue weighted by molar-refractivity contribution is -0.167. The van der Waals surface area contributed by atoms with Gasteiger partial charge in [-0.1, -0.05) is 218 Å². The third kappa shape index (κ3) is 46.9. The minimum absolute atomic E-state index is 0.0724. The second kappa shape index (κ2) is 49.5. The van der Waals surface area contributed by atoms with Gasteiger partial charge in [0.15, 0.2) is 6.10 Å². The predicted molar refractivity (Wildman–Crippen MR) is 256 cm³/mol. The van der Waals surface area contributed by atoms with Crippen LogP contribution in [0, 0.1) is 0 Å². The molecule has 6 nitrogen and oxygen atoms in total. The highest BCUT2D eigenvalue weighted by molar-refractivity contribution is 5.71. The summed E-state index contributed by atoms with van der Waals surface area (Å²) in [5.74, 6) is -0.874. The second-order valence-electron chi connectivity index (χ2n) is 17.8. The lowest BCUT2D eigenvalue weighted by atomic mass is 10.1. The van der Waals surface area contributed by atoms with Crippen LogP contribution in [0.15, 0.2) is 24.3 Å². The summed E-state index contributed by atoms with van der Waals surface area (Å²) >= 11 is 0. The second-order valence-corrected chi connectivity index (χ2v) is 17.8. The van der Waals surface area contributed by atoms with Crippen molar-refractivity contribution < 1.29 is 28.6 Å². The topological polar surface area (TPSA) is 78.9 Å². The molecule has 6 heteroatoms. The average molecular weight is 845 g/mol. The maximum atomic E-state index is 12.8. The van der Waals surface area contributed by atoms with E-state index in [1.165, 1.54) is 180 Å². The molecule has 0 rings (SSSR count). The molecule has 0 aliphatic rings. The van der Waals surface area contributed by atoms with Crippen molar-refractivity contribution in [2.24, 2.45) is 0 Å². The van der Waals surface area contributed by atoms with E-state index < -0.39 is 6.10 Å². The highest BCUT2D eigenvalue weighted by atomic mass is 16.6. The highest BCUT2D eigenvalue weighted by Crippen LogP contribution is 2.15. The van der Waals surface area contributed by atoms with Gasteiger partial charge in [-0.25, -0.2) is 0 Å². The van der Waals surface area contributed by atoms with Crippen LogP contribution in [0.2, 0.25) is 0 Å². The summed E-state index contributed by atoms with van der Waals surface area (Å²) in [5, 5.41) is 0. The Labute approximate surface area is 373 Å². The molecule has 352 valence electrons. The first kappa shape index (κ1) is 57.9. The van der Waals surface area contributed by atoms with Gasteiger partial charge in [-0.3, -0.25) is 14.4 Å². The van der Waals surface area contributed by atoms with Crippen molar-refractivity contribution in [3.05, 3.63) is 24.3 Å². The molecule has 0 N–H and O–H groups in total. The molecule has 0 radical (unpaired) electrons. The van der Waals surface area contributed by atoms with Crippen LogP contribution in [0.1, 0.15) is 284 Å². The lowest BCUT2D eigenvalue weighted by Gasteiger charge is -2.18. The summed E-state index contributed by atoms with van der Waals surface area (Å²) in [7, 11) is 0. The van der Waals surface area contributed by atoms with Gasteiger partial charge < -0.3 is 14.2 Å². The van der Waals surface area contributed by atoms with E-state index in [0.29, 0.717) is 19.3 Å². The van der Waals surface area contributed by atoms with Gasteiger partial charge in [-0.15, -0.1) is 0 Å². The Morgan fingerprint density at radius 2 is 0.550 bits per heavy atom. The molecule has 60 heavy (non-hydrogen) atoms. The molecule has 1 atom stereocenters. The largest absolute Gasteiger partial charge is 0.462 e. The van der Waals surface area contributed by atoms with Gasteiger partial charge in [0.2, 0.25) is 0 Å². The molecule has 0 aromatic carbocycles. The predicted octanol–water partition coefficient (Wildman–Crippen LogP) is 17.2. The van der Waals surface area contributed by atoms with Crippen LogP contribution in [0.3, 0.4) is 0 Å². The van der Waals surface area contributed by atoms with Crippen LogP contribution in [-0.2, 0) is 28.6 Å².